The minimum atomic E-state index is -0.942. The van der Waals surface area contributed by atoms with E-state index in [1.807, 2.05) is 40.7 Å². The first-order valence-electron chi connectivity index (χ1n) is 7.96. The zero-order valence-corrected chi connectivity index (χ0v) is 17.0. The number of carbonyl (C=O) groups is 2. The van der Waals surface area contributed by atoms with Crippen LogP contribution in [0.5, 0.6) is 0 Å². The van der Waals surface area contributed by atoms with Gasteiger partial charge < -0.3 is 14.4 Å². The van der Waals surface area contributed by atoms with Gasteiger partial charge in [0.1, 0.15) is 4.88 Å². The van der Waals surface area contributed by atoms with E-state index in [9.17, 15) is 14.7 Å². The summed E-state index contributed by atoms with van der Waals surface area (Å²) in [4.78, 5) is 23.7. The molecule has 0 bridgehead atoms. The van der Waals surface area contributed by atoms with Gasteiger partial charge in [0.25, 0.3) is 0 Å². The van der Waals surface area contributed by atoms with E-state index < -0.39 is 24.3 Å². The normalized spacial score (nSPS) is 19.3. The van der Waals surface area contributed by atoms with Crippen LogP contribution in [0.3, 0.4) is 0 Å². The van der Waals surface area contributed by atoms with Gasteiger partial charge in [0, 0.05) is 17.6 Å². The maximum Gasteiger partial charge on any atom is 0.491 e. The van der Waals surface area contributed by atoms with Gasteiger partial charge in [-0.05, 0) is 57.8 Å². The highest BCUT2D eigenvalue weighted by atomic mass is 32.2. The molecule has 2 rings (SSSR count). The number of thioether (sulfide) groups is 1. The molecule has 5 nitrogen and oxygen atoms in total. The van der Waals surface area contributed by atoms with Crippen molar-refractivity contribution in [1.29, 1.82) is 0 Å². The van der Waals surface area contributed by atoms with Gasteiger partial charge in [0.15, 0.2) is 5.12 Å². The lowest BCUT2D eigenvalue weighted by Crippen LogP contribution is -2.41. The minimum absolute atomic E-state index is 0.0107. The lowest BCUT2D eigenvalue weighted by molar-refractivity contribution is -0.109. The number of carbonyl (C=O) groups excluding carboxylic acids is 1. The summed E-state index contributed by atoms with van der Waals surface area (Å²) >= 11 is 2.39. The van der Waals surface area contributed by atoms with Crippen LogP contribution in [0.25, 0.3) is 6.08 Å². The van der Waals surface area contributed by atoms with Gasteiger partial charge in [-0.3, -0.25) is 4.79 Å². The van der Waals surface area contributed by atoms with Crippen LogP contribution >= 0.6 is 23.1 Å². The van der Waals surface area contributed by atoms with Crippen LogP contribution in [-0.4, -0.2) is 40.3 Å². The van der Waals surface area contributed by atoms with Gasteiger partial charge in [-0.15, -0.1) is 11.3 Å². The van der Waals surface area contributed by atoms with Crippen LogP contribution in [-0.2, 0) is 14.1 Å². The molecule has 1 saturated heterocycles. The highest BCUT2D eigenvalue weighted by molar-refractivity contribution is 8.13. The van der Waals surface area contributed by atoms with Crippen molar-refractivity contribution in [2.24, 2.45) is 0 Å². The summed E-state index contributed by atoms with van der Waals surface area (Å²) in [5.74, 6) is -0.505. The number of rotatable bonds is 5. The van der Waals surface area contributed by atoms with Crippen LogP contribution in [0.1, 0.15) is 54.7 Å². The van der Waals surface area contributed by atoms with E-state index in [2.05, 4.69) is 0 Å². The van der Waals surface area contributed by atoms with E-state index in [1.165, 1.54) is 30.0 Å². The average molecular weight is 382 g/mol. The summed E-state index contributed by atoms with van der Waals surface area (Å²) in [7, 11) is -0.563. The molecule has 1 aliphatic heterocycles. The fourth-order valence-corrected chi connectivity index (χ4v) is 3.85. The summed E-state index contributed by atoms with van der Waals surface area (Å²) in [6.45, 7) is 11.3. The molecule has 0 unspecified atom stereocenters. The summed E-state index contributed by atoms with van der Waals surface area (Å²) in [5.41, 5.74) is 0.743. The fourth-order valence-electron chi connectivity index (χ4n) is 2.27. The molecular weight excluding hydrogens is 359 g/mol. The molecule has 0 aliphatic carbocycles. The van der Waals surface area contributed by atoms with Crippen LogP contribution < -0.4 is 0 Å². The first kappa shape index (κ1) is 20.2. The van der Waals surface area contributed by atoms with Gasteiger partial charge in [-0.25, -0.2) is 4.79 Å². The van der Waals surface area contributed by atoms with E-state index in [4.69, 9.17) is 9.31 Å². The third kappa shape index (κ3) is 4.55. The maximum atomic E-state index is 11.4. The Balaban J connectivity index is 2.37. The first-order valence-corrected chi connectivity index (χ1v) is 9.76. The van der Waals surface area contributed by atoms with Gasteiger partial charge in [0.05, 0.1) is 11.2 Å². The number of thiophene rings is 1. The molecule has 136 valence electrons. The molecule has 0 atom stereocenters. The highest BCUT2D eigenvalue weighted by Gasteiger charge is 2.52. The Hall–Kier alpha value is -1.09. The number of hydrogen-bond donors (Lipinski definition) is 1. The molecule has 1 fully saturated rings. The second-order valence-corrected chi connectivity index (χ2v) is 9.29. The summed E-state index contributed by atoms with van der Waals surface area (Å²) < 4.78 is 12.2. The maximum absolute atomic E-state index is 11.4. The Morgan fingerprint density at radius 1 is 1.28 bits per heavy atom. The van der Waals surface area contributed by atoms with Crippen molar-refractivity contribution in [1.82, 2.24) is 0 Å². The second-order valence-electron chi connectivity index (χ2n) is 7.05. The molecule has 0 saturated carbocycles. The number of aryl methyl sites for hydroxylation is 1. The van der Waals surface area contributed by atoms with E-state index >= 15 is 0 Å². The van der Waals surface area contributed by atoms with Crippen molar-refractivity contribution < 1.29 is 24.0 Å². The molecule has 0 amide bonds. The molecule has 1 N–H and O–H groups in total. The molecule has 0 spiro atoms. The molecule has 1 aromatic heterocycles. The van der Waals surface area contributed by atoms with Gasteiger partial charge >= 0.3 is 13.1 Å². The molecule has 2 heterocycles. The summed E-state index contributed by atoms with van der Waals surface area (Å²) in [5, 5.41) is 9.18. The standard InChI is InChI=1S/C17H23BO5S2/c1-10-7-14(15(20)21)25-13(10)8-12(9-24-11(2)19)18-22-16(3,4)17(5,6)23-18/h7-8H,9H2,1-6H3,(H,20,21). The number of carboxylic acids is 1. The van der Waals surface area contributed by atoms with Crippen molar-refractivity contribution in [3.63, 3.8) is 0 Å². The molecule has 8 heteroatoms. The molecule has 0 aromatic carbocycles. The lowest BCUT2D eigenvalue weighted by Gasteiger charge is -2.32. The van der Waals surface area contributed by atoms with Crippen LogP contribution in [0.2, 0.25) is 0 Å². The van der Waals surface area contributed by atoms with E-state index in [1.54, 1.807) is 6.07 Å². The average Bonchev–Trinajstić information content (AvgIpc) is 2.92. The summed E-state index contributed by atoms with van der Waals surface area (Å²) in [6.07, 6.45) is 1.89. The van der Waals surface area contributed by atoms with Crippen LogP contribution in [0.4, 0.5) is 0 Å². The van der Waals surface area contributed by atoms with Gasteiger partial charge in [0.2, 0.25) is 0 Å². The first-order chi connectivity index (χ1) is 11.4. The largest absolute Gasteiger partial charge is 0.491 e. The number of hydrogen-bond acceptors (Lipinski definition) is 6. The second kappa shape index (κ2) is 7.27. The molecule has 25 heavy (non-hydrogen) atoms. The zero-order chi connectivity index (χ0) is 19.0. The number of carboxylic acid groups (broad SMARTS) is 1. The quantitative estimate of drug-likeness (QED) is 0.775. The van der Waals surface area contributed by atoms with E-state index in [0.29, 0.717) is 5.75 Å². The van der Waals surface area contributed by atoms with E-state index in [0.717, 1.165) is 15.9 Å². The molecular formula is C17H23BO5S2. The minimum Gasteiger partial charge on any atom is -0.477 e. The molecule has 0 radical (unpaired) electrons. The highest BCUT2D eigenvalue weighted by Crippen LogP contribution is 2.40. The third-order valence-corrected chi connectivity index (χ3v) is 6.54. The lowest BCUT2D eigenvalue weighted by atomic mass is 9.78. The predicted molar refractivity (Wildman–Crippen MR) is 103 cm³/mol. The predicted octanol–water partition coefficient (Wildman–Crippen LogP) is 4.05. The molecule has 1 aliphatic rings. The van der Waals surface area contributed by atoms with Crippen molar-refractivity contribution in [3.05, 3.63) is 26.9 Å². The Kier molecular flexibility index (Phi) is 5.88. The SMILES string of the molecule is CC(=O)SCC(=Cc1sc(C(=O)O)cc1C)B1OC(C)(C)C(C)(C)O1. The summed E-state index contributed by atoms with van der Waals surface area (Å²) in [6, 6.07) is 1.65. The van der Waals surface area contributed by atoms with Crippen molar-refractivity contribution in [2.75, 3.05) is 5.75 Å². The van der Waals surface area contributed by atoms with Crippen molar-refractivity contribution in [2.45, 2.75) is 52.7 Å². The van der Waals surface area contributed by atoms with Crippen LogP contribution in [0, 0.1) is 6.92 Å². The van der Waals surface area contributed by atoms with Gasteiger partial charge in [-0.2, -0.15) is 0 Å². The fraction of sp³-hybridized carbons (Fsp3) is 0.529. The van der Waals surface area contributed by atoms with E-state index in [-0.39, 0.29) is 9.99 Å². The smallest absolute Gasteiger partial charge is 0.477 e. The Labute approximate surface area is 156 Å². The van der Waals surface area contributed by atoms with Crippen molar-refractivity contribution >= 4 is 47.4 Å². The number of aromatic carboxylic acids is 1. The van der Waals surface area contributed by atoms with Crippen LogP contribution in [0.15, 0.2) is 11.5 Å². The molecule has 1 aromatic rings. The Morgan fingerprint density at radius 2 is 1.84 bits per heavy atom. The van der Waals surface area contributed by atoms with Crippen molar-refractivity contribution in [3.8, 4) is 0 Å². The zero-order valence-electron chi connectivity index (χ0n) is 15.3. The topological polar surface area (TPSA) is 72.8 Å². The monoisotopic (exact) mass is 382 g/mol. The Morgan fingerprint density at radius 3 is 2.28 bits per heavy atom. The third-order valence-electron chi connectivity index (χ3n) is 4.48. The Bertz CT molecular complexity index is 705. The van der Waals surface area contributed by atoms with Gasteiger partial charge in [-0.1, -0.05) is 11.8 Å².